The number of pyridine rings is 2. The minimum Gasteiger partial charge on any atom is -0.384 e. The van der Waals surface area contributed by atoms with Crippen molar-refractivity contribution in [3.63, 3.8) is 0 Å². The molecule has 0 bridgehead atoms. The van der Waals surface area contributed by atoms with Gasteiger partial charge < -0.3 is 15.6 Å². The summed E-state index contributed by atoms with van der Waals surface area (Å²) in [5.41, 5.74) is 10.1. The molecule has 0 aromatic carbocycles. The van der Waals surface area contributed by atoms with Crippen LogP contribution in [0.2, 0.25) is 0 Å². The molecule has 114 valence electrons. The normalized spacial score (nSPS) is 11.2. The number of nitrogens with zero attached hydrogens (tertiary/aromatic N) is 3. The van der Waals surface area contributed by atoms with Crippen molar-refractivity contribution in [2.24, 2.45) is 7.05 Å². The first-order valence-corrected chi connectivity index (χ1v) is 7.56. The van der Waals surface area contributed by atoms with Gasteiger partial charge in [0.25, 0.3) is 0 Å². The highest BCUT2D eigenvalue weighted by atomic mass is 15.0. The van der Waals surface area contributed by atoms with Gasteiger partial charge in [-0.1, -0.05) is 6.92 Å². The first-order valence-electron chi connectivity index (χ1n) is 7.56. The molecule has 0 saturated heterocycles. The molecule has 3 aromatic rings. The van der Waals surface area contributed by atoms with Gasteiger partial charge in [0.1, 0.15) is 11.5 Å². The van der Waals surface area contributed by atoms with Crippen LogP contribution in [-0.4, -0.2) is 21.1 Å². The predicted molar refractivity (Wildman–Crippen MR) is 90.4 cm³/mol. The van der Waals surface area contributed by atoms with Crippen LogP contribution < -0.4 is 11.1 Å². The number of nitrogen functional groups attached to an aromatic ring is 1. The molecule has 0 saturated carbocycles. The Hall–Kier alpha value is -2.40. The van der Waals surface area contributed by atoms with Gasteiger partial charge in [-0.25, -0.2) is 9.97 Å². The van der Waals surface area contributed by atoms with Gasteiger partial charge in [0, 0.05) is 42.6 Å². The van der Waals surface area contributed by atoms with E-state index < -0.39 is 0 Å². The fraction of sp³-hybridized carbons (Fsp3) is 0.294. The summed E-state index contributed by atoms with van der Waals surface area (Å²) in [5.74, 6) is 0.534. The van der Waals surface area contributed by atoms with E-state index in [1.165, 1.54) is 5.69 Å². The Labute approximate surface area is 130 Å². The molecule has 5 heteroatoms. The van der Waals surface area contributed by atoms with E-state index >= 15 is 0 Å². The minimum absolute atomic E-state index is 0.534. The lowest BCUT2D eigenvalue weighted by atomic mass is 10.1. The van der Waals surface area contributed by atoms with Crippen LogP contribution in [0.3, 0.4) is 0 Å². The lowest BCUT2D eigenvalue weighted by Gasteiger charge is -2.05. The van der Waals surface area contributed by atoms with Crippen LogP contribution in [0.15, 0.2) is 36.7 Å². The number of nitrogens with one attached hydrogen (secondary N) is 1. The number of fused-ring (bicyclic) bond motifs is 1. The second kappa shape index (κ2) is 6.15. The average Bonchev–Trinajstić information content (AvgIpc) is 2.85. The van der Waals surface area contributed by atoms with Crippen molar-refractivity contribution in [3.8, 4) is 11.1 Å². The maximum atomic E-state index is 5.68. The molecule has 0 amide bonds. The molecule has 3 rings (SSSR count). The Morgan fingerprint density at radius 3 is 2.82 bits per heavy atom. The van der Waals surface area contributed by atoms with Gasteiger partial charge in [0.05, 0.1) is 0 Å². The highest BCUT2D eigenvalue weighted by Gasteiger charge is 2.11. The van der Waals surface area contributed by atoms with E-state index in [1.54, 1.807) is 0 Å². The van der Waals surface area contributed by atoms with Crippen LogP contribution in [0.4, 0.5) is 5.82 Å². The lowest BCUT2D eigenvalue weighted by molar-refractivity contribution is 0.647. The van der Waals surface area contributed by atoms with E-state index in [2.05, 4.69) is 39.9 Å². The number of anilines is 1. The molecular formula is C17H21N5. The molecule has 3 aromatic heterocycles. The molecule has 0 aliphatic heterocycles. The van der Waals surface area contributed by atoms with Crippen molar-refractivity contribution in [3.05, 3.63) is 42.4 Å². The maximum absolute atomic E-state index is 5.68. The second-order valence-electron chi connectivity index (χ2n) is 5.44. The van der Waals surface area contributed by atoms with E-state index in [0.717, 1.165) is 41.7 Å². The van der Waals surface area contributed by atoms with E-state index in [9.17, 15) is 0 Å². The zero-order valence-electron chi connectivity index (χ0n) is 13.0. The van der Waals surface area contributed by atoms with Gasteiger partial charge in [0.15, 0.2) is 0 Å². The molecule has 0 fully saturated rings. The van der Waals surface area contributed by atoms with Gasteiger partial charge in [-0.15, -0.1) is 0 Å². The van der Waals surface area contributed by atoms with E-state index in [1.807, 2.05) is 30.6 Å². The van der Waals surface area contributed by atoms with Crippen molar-refractivity contribution in [1.82, 2.24) is 19.9 Å². The molecule has 0 radical (unpaired) electrons. The van der Waals surface area contributed by atoms with Crippen LogP contribution in [0.5, 0.6) is 0 Å². The first-order chi connectivity index (χ1) is 10.7. The molecule has 0 unspecified atom stereocenters. The zero-order valence-corrected chi connectivity index (χ0v) is 13.0. The van der Waals surface area contributed by atoms with Crippen molar-refractivity contribution in [2.45, 2.75) is 19.9 Å². The van der Waals surface area contributed by atoms with Gasteiger partial charge in [-0.05, 0) is 42.8 Å². The number of hydrogen-bond donors (Lipinski definition) is 2. The molecular weight excluding hydrogens is 274 g/mol. The van der Waals surface area contributed by atoms with Crippen LogP contribution >= 0.6 is 0 Å². The zero-order chi connectivity index (χ0) is 15.5. The second-order valence-corrected chi connectivity index (χ2v) is 5.44. The van der Waals surface area contributed by atoms with Gasteiger partial charge in [0.2, 0.25) is 0 Å². The SMILES string of the molecule is CCCNCc1cc2c(-c3ccc(N)nc3)ccnc2n1C. The monoisotopic (exact) mass is 295 g/mol. The standard InChI is InChI=1S/C17H21N5/c1-3-7-19-11-13-9-15-14(6-8-20-17(15)22(13)2)12-4-5-16(18)21-10-12/h4-6,8-10,19H,3,7,11H2,1-2H3,(H2,18,21). The molecule has 3 N–H and O–H groups in total. The summed E-state index contributed by atoms with van der Waals surface area (Å²) < 4.78 is 2.15. The third-order valence-electron chi connectivity index (χ3n) is 3.86. The highest BCUT2D eigenvalue weighted by molar-refractivity contribution is 5.93. The smallest absolute Gasteiger partial charge is 0.140 e. The number of hydrogen-bond acceptors (Lipinski definition) is 4. The Morgan fingerprint density at radius 1 is 1.23 bits per heavy atom. The summed E-state index contributed by atoms with van der Waals surface area (Å²) >= 11 is 0. The average molecular weight is 295 g/mol. The number of aromatic nitrogens is 3. The van der Waals surface area contributed by atoms with Crippen LogP contribution in [-0.2, 0) is 13.6 Å². The Morgan fingerprint density at radius 2 is 2.09 bits per heavy atom. The van der Waals surface area contributed by atoms with Crippen molar-refractivity contribution in [1.29, 1.82) is 0 Å². The molecule has 3 heterocycles. The van der Waals surface area contributed by atoms with Crippen molar-refractivity contribution < 1.29 is 0 Å². The summed E-state index contributed by atoms with van der Waals surface area (Å²) in [6.07, 6.45) is 4.79. The van der Waals surface area contributed by atoms with Gasteiger partial charge in [-0.2, -0.15) is 0 Å². The Balaban J connectivity index is 2.04. The molecule has 5 nitrogen and oxygen atoms in total. The van der Waals surface area contributed by atoms with Crippen LogP contribution in [0.1, 0.15) is 19.0 Å². The number of nitrogens with two attached hydrogens (primary N) is 1. The number of rotatable bonds is 5. The Kier molecular flexibility index (Phi) is 4.06. The third kappa shape index (κ3) is 2.67. The Bertz CT molecular complexity index is 774. The molecule has 0 atom stereocenters. The summed E-state index contributed by atoms with van der Waals surface area (Å²) in [6.45, 7) is 4.03. The van der Waals surface area contributed by atoms with Crippen molar-refractivity contribution in [2.75, 3.05) is 12.3 Å². The predicted octanol–water partition coefficient (Wildman–Crippen LogP) is 2.72. The van der Waals surface area contributed by atoms with Gasteiger partial charge >= 0.3 is 0 Å². The molecule has 0 aliphatic carbocycles. The fourth-order valence-electron chi connectivity index (χ4n) is 2.65. The maximum Gasteiger partial charge on any atom is 0.140 e. The van der Waals surface area contributed by atoms with Crippen molar-refractivity contribution >= 4 is 16.9 Å². The van der Waals surface area contributed by atoms with E-state index in [0.29, 0.717) is 5.82 Å². The summed E-state index contributed by atoms with van der Waals surface area (Å²) in [7, 11) is 2.06. The quantitative estimate of drug-likeness (QED) is 0.710. The molecule has 0 spiro atoms. The van der Waals surface area contributed by atoms with Gasteiger partial charge in [-0.3, -0.25) is 0 Å². The highest BCUT2D eigenvalue weighted by Crippen LogP contribution is 2.29. The summed E-state index contributed by atoms with van der Waals surface area (Å²) in [4.78, 5) is 8.71. The van der Waals surface area contributed by atoms with Crippen LogP contribution in [0.25, 0.3) is 22.2 Å². The first kappa shape index (κ1) is 14.5. The van der Waals surface area contributed by atoms with E-state index in [4.69, 9.17) is 5.73 Å². The van der Waals surface area contributed by atoms with E-state index in [-0.39, 0.29) is 0 Å². The summed E-state index contributed by atoms with van der Waals surface area (Å²) in [6, 6.07) is 8.06. The summed E-state index contributed by atoms with van der Waals surface area (Å²) in [5, 5.41) is 4.59. The number of aryl methyl sites for hydroxylation is 1. The molecule has 0 aliphatic rings. The topological polar surface area (TPSA) is 68.8 Å². The molecule has 22 heavy (non-hydrogen) atoms. The third-order valence-corrected chi connectivity index (χ3v) is 3.86. The fourth-order valence-corrected chi connectivity index (χ4v) is 2.65. The largest absolute Gasteiger partial charge is 0.384 e. The minimum atomic E-state index is 0.534. The lowest BCUT2D eigenvalue weighted by Crippen LogP contribution is -2.15. The van der Waals surface area contributed by atoms with Crippen LogP contribution in [0, 0.1) is 0 Å².